The molecular weight excluding hydrogens is 377 g/mol. The first-order chi connectivity index (χ1) is 11.4. The fraction of sp³-hybridized carbons (Fsp3) is 0. The van der Waals surface area contributed by atoms with Crippen molar-refractivity contribution in [2.24, 2.45) is 10.2 Å². The molecular formula is C14H8Cl3N5O2. The summed E-state index contributed by atoms with van der Waals surface area (Å²) in [5, 5.41) is 17.4. The van der Waals surface area contributed by atoms with Crippen molar-refractivity contribution in [1.82, 2.24) is 9.97 Å². The van der Waals surface area contributed by atoms with E-state index in [1.807, 2.05) is 0 Å². The molecule has 0 radical (unpaired) electrons. The van der Waals surface area contributed by atoms with Gasteiger partial charge in [-0.15, -0.1) is 10.2 Å². The number of aromatic hydroxyl groups is 1. The molecule has 3 aromatic rings. The van der Waals surface area contributed by atoms with E-state index >= 15 is 0 Å². The van der Waals surface area contributed by atoms with Crippen molar-refractivity contribution < 1.29 is 9.90 Å². The van der Waals surface area contributed by atoms with Crippen LogP contribution >= 0.6 is 34.8 Å². The van der Waals surface area contributed by atoms with E-state index < -0.39 is 5.91 Å². The number of benzene rings is 1. The third-order valence-electron chi connectivity index (χ3n) is 3.17. The first-order valence-electron chi connectivity index (χ1n) is 6.46. The van der Waals surface area contributed by atoms with Gasteiger partial charge in [0.15, 0.2) is 16.5 Å². The number of aromatic nitrogens is 2. The smallest absolute Gasteiger partial charge is 0.315 e. The summed E-state index contributed by atoms with van der Waals surface area (Å²) in [6, 6.07) is 7.00. The third kappa shape index (κ3) is 2.77. The highest BCUT2D eigenvalue weighted by Crippen LogP contribution is 2.37. The van der Waals surface area contributed by atoms with Crippen LogP contribution in [0.2, 0.25) is 15.2 Å². The predicted molar refractivity (Wildman–Crippen MR) is 92.5 cm³/mol. The van der Waals surface area contributed by atoms with Crippen LogP contribution in [0.15, 0.2) is 34.5 Å². The second-order valence-corrected chi connectivity index (χ2v) is 5.78. The first-order valence-corrected chi connectivity index (χ1v) is 7.59. The van der Waals surface area contributed by atoms with Crippen molar-refractivity contribution in [2.75, 3.05) is 5.73 Å². The molecule has 0 saturated carbocycles. The zero-order valence-electron chi connectivity index (χ0n) is 11.7. The molecule has 3 rings (SSSR count). The SMILES string of the molecule is Nc1c(Cl)c(Cl)nc(C(=O)N=Nc2c(O)[nH]c3ccccc23)c1Cl. The molecule has 0 saturated heterocycles. The van der Waals surface area contributed by atoms with Gasteiger partial charge in [-0.05, 0) is 6.07 Å². The number of hydrogen-bond donors (Lipinski definition) is 3. The number of hydrogen-bond acceptors (Lipinski definition) is 5. The summed E-state index contributed by atoms with van der Waals surface area (Å²) in [4.78, 5) is 18.7. The second kappa shape index (κ2) is 6.27. The number of nitrogen functional groups attached to an aromatic ring is 1. The summed E-state index contributed by atoms with van der Waals surface area (Å²) in [6.45, 7) is 0. The highest BCUT2D eigenvalue weighted by atomic mass is 35.5. The van der Waals surface area contributed by atoms with E-state index in [4.69, 9.17) is 40.5 Å². The Morgan fingerprint density at radius 2 is 1.92 bits per heavy atom. The minimum absolute atomic E-state index is 0.0515. The maximum absolute atomic E-state index is 12.2. The Morgan fingerprint density at radius 1 is 1.21 bits per heavy atom. The monoisotopic (exact) mass is 383 g/mol. The number of aromatic amines is 1. The quantitative estimate of drug-likeness (QED) is 0.437. The number of amides is 1. The molecule has 0 atom stereocenters. The number of azo groups is 1. The van der Waals surface area contributed by atoms with Crippen molar-refractivity contribution in [2.45, 2.75) is 0 Å². The molecule has 0 bridgehead atoms. The minimum atomic E-state index is -0.880. The summed E-state index contributed by atoms with van der Waals surface area (Å²) in [6.07, 6.45) is 0. The molecule has 0 aliphatic rings. The summed E-state index contributed by atoms with van der Waals surface area (Å²) >= 11 is 17.5. The maximum atomic E-state index is 12.2. The number of fused-ring (bicyclic) bond motifs is 1. The molecule has 0 fully saturated rings. The average Bonchev–Trinajstić information content (AvgIpc) is 2.89. The Morgan fingerprint density at radius 3 is 2.67 bits per heavy atom. The van der Waals surface area contributed by atoms with Gasteiger partial charge in [0.25, 0.3) is 0 Å². The van der Waals surface area contributed by atoms with Crippen molar-refractivity contribution >= 4 is 63.0 Å². The zero-order valence-corrected chi connectivity index (χ0v) is 14.0. The fourth-order valence-corrected chi connectivity index (χ4v) is 2.62. The Labute approximate surface area is 150 Å². The lowest BCUT2D eigenvalue weighted by molar-refractivity contribution is 0.0990. The lowest BCUT2D eigenvalue weighted by atomic mass is 10.2. The van der Waals surface area contributed by atoms with Gasteiger partial charge in [-0.25, -0.2) is 4.98 Å². The molecule has 0 aliphatic heterocycles. The maximum Gasteiger partial charge on any atom is 0.315 e. The van der Waals surface area contributed by atoms with Gasteiger partial charge in [0.05, 0.1) is 16.2 Å². The summed E-state index contributed by atoms with van der Waals surface area (Å²) in [5.74, 6) is -1.10. The van der Waals surface area contributed by atoms with Crippen LogP contribution in [0.1, 0.15) is 10.5 Å². The largest absolute Gasteiger partial charge is 0.493 e. The molecule has 10 heteroatoms. The van der Waals surface area contributed by atoms with Crippen LogP contribution in [0.5, 0.6) is 5.88 Å². The van der Waals surface area contributed by atoms with Gasteiger partial charge in [-0.3, -0.25) is 4.79 Å². The van der Waals surface area contributed by atoms with E-state index in [-0.39, 0.29) is 38.1 Å². The van der Waals surface area contributed by atoms with E-state index in [0.29, 0.717) is 10.9 Å². The summed E-state index contributed by atoms with van der Waals surface area (Å²) in [7, 11) is 0. The van der Waals surface area contributed by atoms with Crippen molar-refractivity contribution in [3.63, 3.8) is 0 Å². The van der Waals surface area contributed by atoms with Crippen LogP contribution in [0.4, 0.5) is 11.4 Å². The van der Waals surface area contributed by atoms with Crippen LogP contribution in [0.25, 0.3) is 10.9 Å². The number of pyridine rings is 1. The molecule has 2 aromatic heterocycles. The second-order valence-electron chi connectivity index (χ2n) is 4.67. The number of carbonyl (C=O) groups is 1. The Hall–Kier alpha value is -2.35. The standard InChI is InChI=1S/C14H8Cl3N5O2/c15-7-9(18)8(16)12(17)20-11(7)14(24)22-21-10-5-3-1-2-4-6(5)19-13(10)23/h1-4,19,23H,(H2,18,20). The summed E-state index contributed by atoms with van der Waals surface area (Å²) < 4.78 is 0. The van der Waals surface area contributed by atoms with Crippen LogP contribution in [-0.4, -0.2) is 21.0 Å². The number of H-pyrrole nitrogens is 1. The lowest BCUT2D eigenvalue weighted by Crippen LogP contribution is -2.03. The molecule has 0 spiro atoms. The van der Waals surface area contributed by atoms with E-state index in [9.17, 15) is 9.90 Å². The first kappa shape index (κ1) is 16.5. The van der Waals surface area contributed by atoms with Crippen molar-refractivity contribution in [3.05, 3.63) is 45.2 Å². The molecule has 24 heavy (non-hydrogen) atoms. The molecule has 1 aromatic carbocycles. The zero-order chi connectivity index (χ0) is 17.4. The van der Waals surface area contributed by atoms with Crippen molar-refractivity contribution in [3.8, 4) is 5.88 Å². The molecule has 2 heterocycles. The minimum Gasteiger partial charge on any atom is -0.493 e. The van der Waals surface area contributed by atoms with Gasteiger partial charge in [0.2, 0.25) is 5.88 Å². The van der Waals surface area contributed by atoms with E-state index in [2.05, 4.69) is 20.2 Å². The van der Waals surface area contributed by atoms with E-state index in [1.165, 1.54) is 0 Å². The number of anilines is 1. The van der Waals surface area contributed by atoms with Gasteiger partial charge in [0.1, 0.15) is 5.02 Å². The number of nitrogens with zero attached hydrogens (tertiary/aromatic N) is 3. The number of nitrogens with two attached hydrogens (primary N) is 1. The van der Waals surface area contributed by atoms with Gasteiger partial charge in [-0.1, -0.05) is 53.0 Å². The lowest BCUT2D eigenvalue weighted by Gasteiger charge is -2.05. The van der Waals surface area contributed by atoms with Gasteiger partial charge >= 0.3 is 5.91 Å². The van der Waals surface area contributed by atoms with Gasteiger partial charge in [-0.2, -0.15) is 0 Å². The molecule has 0 aliphatic carbocycles. The molecule has 4 N–H and O–H groups in total. The van der Waals surface area contributed by atoms with E-state index in [1.54, 1.807) is 24.3 Å². The number of carbonyl (C=O) groups excluding carboxylic acids is 1. The number of rotatable bonds is 2. The topological polar surface area (TPSA) is 117 Å². The van der Waals surface area contributed by atoms with Crippen molar-refractivity contribution in [1.29, 1.82) is 0 Å². The van der Waals surface area contributed by atoms with Gasteiger partial charge < -0.3 is 15.8 Å². The predicted octanol–water partition coefficient (Wildman–Crippen LogP) is 4.74. The third-order valence-corrected chi connectivity index (χ3v) is 4.31. The fourth-order valence-electron chi connectivity index (χ4n) is 2.03. The van der Waals surface area contributed by atoms with Crippen LogP contribution in [0.3, 0.4) is 0 Å². The van der Waals surface area contributed by atoms with Crippen LogP contribution in [-0.2, 0) is 0 Å². The number of para-hydroxylation sites is 1. The molecule has 7 nitrogen and oxygen atoms in total. The number of halogens is 3. The molecule has 122 valence electrons. The highest BCUT2D eigenvalue weighted by molar-refractivity contribution is 6.46. The molecule has 1 amide bonds. The molecule has 0 unspecified atom stereocenters. The van der Waals surface area contributed by atoms with Gasteiger partial charge in [0, 0.05) is 5.39 Å². The Kier molecular flexibility index (Phi) is 4.31. The van der Waals surface area contributed by atoms with E-state index in [0.717, 1.165) is 0 Å². The summed E-state index contributed by atoms with van der Waals surface area (Å²) in [5.41, 5.74) is 6.05. The van der Waals surface area contributed by atoms with Crippen LogP contribution < -0.4 is 5.73 Å². The number of nitrogens with one attached hydrogen (secondary N) is 1. The Balaban J connectivity index is 2.01. The Bertz CT molecular complexity index is 1000. The van der Waals surface area contributed by atoms with Crippen LogP contribution in [0, 0.1) is 0 Å². The normalized spacial score (nSPS) is 11.5. The highest BCUT2D eigenvalue weighted by Gasteiger charge is 2.20. The average molecular weight is 385 g/mol.